The summed E-state index contributed by atoms with van der Waals surface area (Å²) in [6, 6.07) is 14.0. The second-order valence-electron chi connectivity index (χ2n) is 8.14. The summed E-state index contributed by atoms with van der Waals surface area (Å²) < 4.78 is 91.9. The molecule has 2 aromatic heterocycles. The zero-order chi connectivity index (χ0) is 27.1. The Bertz CT molecular complexity index is 1740. The van der Waals surface area contributed by atoms with Gasteiger partial charge in [-0.15, -0.1) is 0 Å². The van der Waals surface area contributed by atoms with E-state index in [1.807, 2.05) is 0 Å². The lowest BCUT2D eigenvalue weighted by Gasteiger charge is -2.15. The number of aromatic nitrogens is 2. The number of nitrogens with zero attached hydrogens (tertiary/aromatic N) is 2. The Kier molecular flexibility index (Phi) is 6.27. The summed E-state index contributed by atoms with van der Waals surface area (Å²) in [5, 5.41) is 4.57. The lowest BCUT2D eigenvalue weighted by atomic mass is 9.97. The fourth-order valence-electron chi connectivity index (χ4n) is 3.97. The van der Waals surface area contributed by atoms with Gasteiger partial charge in [-0.3, -0.25) is 9.71 Å². The largest absolute Gasteiger partial charge is 0.496 e. The zero-order valence-electron chi connectivity index (χ0n) is 19.5. The van der Waals surface area contributed by atoms with Crippen LogP contribution < -0.4 is 9.46 Å². The fraction of sp³-hybridized carbons (Fsp3) is 0.0769. The maximum atomic E-state index is 15.3. The van der Waals surface area contributed by atoms with E-state index in [0.717, 1.165) is 12.1 Å². The van der Waals surface area contributed by atoms with E-state index < -0.39 is 27.6 Å². The van der Waals surface area contributed by atoms with E-state index in [-0.39, 0.29) is 33.2 Å². The summed E-state index contributed by atoms with van der Waals surface area (Å²) in [7, 11) is -2.59. The Morgan fingerprint density at radius 1 is 0.947 bits per heavy atom. The van der Waals surface area contributed by atoms with Crippen LogP contribution in [0.15, 0.2) is 88.6 Å². The molecule has 2 heterocycles. The molecule has 1 N–H and O–H groups in total. The third-order valence-corrected chi connectivity index (χ3v) is 7.14. The number of nitrogens with one attached hydrogen (secondary N) is 1. The van der Waals surface area contributed by atoms with Gasteiger partial charge in [0.25, 0.3) is 10.0 Å². The number of pyridine rings is 1. The van der Waals surface area contributed by atoms with Crippen LogP contribution in [-0.2, 0) is 16.2 Å². The topological polar surface area (TPSA) is 94.3 Å². The predicted octanol–water partition coefficient (Wildman–Crippen LogP) is 6.52. The molecule has 0 saturated carbocycles. The molecule has 194 valence electrons. The van der Waals surface area contributed by atoms with Gasteiger partial charge in [-0.05, 0) is 53.4 Å². The van der Waals surface area contributed by atoms with Gasteiger partial charge in [0.1, 0.15) is 17.8 Å². The number of ether oxygens (including phenoxy) is 1. The smallest absolute Gasteiger partial charge is 0.416 e. The minimum Gasteiger partial charge on any atom is -0.496 e. The van der Waals surface area contributed by atoms with Crippen molar-refractivity contribution < 1.29 is 35.2 Å². The lowest BCUT2D eigenvalue weighted by molar-refractivity contribution is -0.137. The highest BCUT2D eigenvalue weighted by Gasteiger charge is 2.30. The zero-order valence-corrected chi connectivity index (χ0v) is 20.3. The number of benzene rings is 3. The van der Waals surface area contributed by atoms with Crippen molar-refractivity contribution in [2.24, 2.45) is 0 Å². The molecule has 0 bridgehead atoms. The number of anilines is 1. The molecule has 0 aliphatic rings. The fourth-order valence-corrected chi connectivity index (χ4v) is 4.99. The molecular formula is C26H17F4N3O4S. The summed E-state index contributed by atoms with van der Waals surface area (Å²) in [6.45, 7) is 0. The number of hydrogen-bond acceptors (Lipinski definition) is 6. The molecule has 0 atom stereocenters. The van der Waals surface area contributed by atoms with Crippen molar-refractivity contribution in [1.82, 2.24) is 10.1 Å². The van der Waals surface area contributed by atoms with Gasteiger partial charge in [0.15, 0.2) is 5.82 Å². The van der Waals surface area contributed by atoms with Crippen LogP contribution in [0.25, 0.3) is 33.2 Å². The summed E-state index contributed by atoms with van der Waals surface area (Å²) >= 11 is 0. The maximum absolute atomic E-state index is 15.3. The lowest BCUT2D eigenvalue weighted by Crippen LogP contribution is -2.13. The van der Waals surface area contributed by atoms with Gasteiger partial charge in [-0.25, -0.2) is 12.8 Å². The van der Waals surface area contributed by atoms with Crippen LogP contribution in [-0.4, -0.2) is 25.7 Å². The van der Waals surface area contributed by atoms with E-state index >= 15 is 4.39 Å². The highest BCUT2D eigenvalue weighted by Crippen LogP contribution is 2.39. The van der Waals surface area contributed by atoms with Gasteiger partial charge in [0.2, 0.25) is 0 Å². The number of sulfonamides is 1. The number of halogens is 4. The third-order valence-electron chi connectivity index (χ3n) is 5.79. The Morgan fingerprint density at radius 2 is 1.71 bits per heavy atom. The quantitative estimate of drug-likeness (QED) is 0.245. The molecule has 5 aromatic rings. The van der Waals surface area contributed by atoms with Crippen LogP contribution in [0.2, 0.25) is 0 Å². The van der Waals surface area contributed by atoms with Crippen molar-refractivity contribution in [3.8, 4) is 28.1 Å². The number of methoxy groups -OCH3 is 1. The van der Waals surface area contributed by atoms with Crippen LogP contribution in [0.4, 0.5) is 23.4 Å². The van der Waals surface area contributed by atoms with Crippen LogP contribution in [0.5, 0.6) is 5.75 Å². The Morgan fingerprint density at radius 3 is 2.37 bits per heavy atom. The second kappa shape index (κ2) is 9.45. The first-order valence-electron chi connectivity index (χ1n) is 10.9. The van der Waals surface area contributed by atoms with Crippen molar-refractivity contribution in [1.29, 1.82) is 0 Å². The first-order chi connectivity index (χ1) is 18.1. The second-order valence-corrected chi connectivity index (χ2v) is 9.82. The van der Waals surface area contributed by atoms with Crippen molar-refractivity contribution >= 4 is 26.6 Å². The van der Waals surface area contributed by atoms with Gasteiger partial charge < -0.3 is 9.26 Å². The van der Waals surface area contributed by atoms with Crippen molar-refractivity contribution in [3.05, 3.63) is 90.6 Å². The van der Waals surface area contributed by atoms with Gasteiger partial charge in [0.05, 0.1) is 23.3 Å². The average molecular weight is 543 g/mol. The minimum atomic E-state index is -4.51. The molecule has 0 spiro atoms. The van der Waals surface area contributed by atoms with E-state index in [0.29, 0.717) is 16.5 Å². The molecule has 0 aliphatic carbocycles. The summed E-state index contributed by atoms with van der Waals surface area (Å²) in [4.78, 5) is 4.32. The molecule has 7 nitrogen and oxygen atoms in total. The number of hydrogen-bond donors (Lipinski definition) is 1. The van der Waals surface area contributed by atoms with Crippen LogP contribution in [0.1, 0.15) is 5.56 Å². The normalized spacial score (nSPS) is 12.0. The SMILES string of the molecule is COc1cc(-c2ccc(C(F)(F)F)cc2)c(F)cc1-c1nccc2cc(S(=O)(=O)Nc3ccon3)ccc12. The van der Waals surface area contributed by atoms with Crippen LogP contribution >= 0.6 is 0 Å². The van der Waals surface area contributed by atoms with Crippen LogP contribution in [0.3, 0.4) is 0 Å². The third kappa shape index (κ3) is 4.77. The molecule has 3 aromatic carbocycles. The molecule has 0 radical (unpaired) electrons. The minimum absolute atomic E-state index is 0.0221. The van der Waals surface area contributed by atoms with Gasteiger partial charge in [0, 0.05) is 28.8 Å². The standard InChI is InChI=1S/C26H17F4N3O4S/c1-36-23-14-20(15-2-4-17(5-3-15)26(28,29)30)22(27)13-21(23)25-19-7-6-18(12-16(19)8-10-31-25)38(34,35)33-24-9-11-37-32-24/h2-14H,1H3,(H,32,33). The molecule has 12 heteroatoms. The number of alkyl halides is 3. The Balaban J connectivity index is 1.56. The Labute approximate surface area is 213 Å². The summed E-state index contributed by atoms with van der Waals surface area (Å²) in [6.07, 6.45) is -1.84. The molecule has 0 unspecified atom stereocenters. The number of rotatable bonds is 6. The molecule has 0 saturated heterocycles. The van der Waals surface area contributed by atoms with E-state index in [9.17, 15) is 21.6 Å². The molecule has 38 heavy (non-hydrogen) atoms. The molecule has 0 amide bonds. The Hall–Kier alpha value is -4.45. The summed E-state index contributed by atoms with van der Waals surface area (Å²) in [5.74, 6) is -0.449. The van der Waals surface area contributed by atoms with Gasteiger partial charge >= 0.3 is 6.18 Å². The highest BCUT2D eigenvalue weighted by molar-refractivity contribution is 7.92. The van der Waals surface area contributed by atoms with E-state index in [1.165, 1.54) is 68.1 Å². The first-order valence-corrected chi connectivity index (χ1v) is 12.4. The van der Waals surface area contributed by atoms with Crippen molar-refractivity contribution in [2.45, 2.75) is 11.1 Å². The summed E-state index contributed by atoms with van der Waals surface area (Å²) in [5.41, 5.74) is 0.0450. The molecule has 5 rings (SSSR count). The van der Waals surface area contributed by atoms with E-state index in [4.69, 9.17) is 4.74 Å². The van der Waals surface area contributed by atoms with Crippen molar-refractivity contribution in [2.75, 3.05) is 11.8 Å². The highest BCUT2D eigenvalue weighted by atomic mass is 32.2. The average Bonchev–Trinajstić information content (AvgIpc) is 3.40. The van der Waals surface area contributed by atoms with E-state index in [2.05, 4.69) is 19.4 Å². The monoisotopic (exact) mass is 543 g/mol. The first kappa shape index (κ1) is 25.2. The predicted molar refractivity (Wildman–Crippen MR) is 131 cm³/mol. The number of fused-ring (bicyclic) bond motifs is 1. The molecular weight excluding hydrogens is 526 g/mol. The van der Waals surface area contributed by atoms with Crippen LogP contribution in [0, 0.1) is 5.82 Å². The van der Waals surface area contributed by atoms with Crippen molar-refractivity contribution in [3.63, 3.8) is 0 Å². The van der Waals surface area contributed by atoms with Gasteiger partial charge in [-0.1, -0.05) is 23.4 Å². The molecule has 0 fully saturated rings. The maximum Gasteiger partial charge on any atom is 0.416 e. The van der Waals surface area contributed by atoms with Gasteiger partial charge in [-0.2, -0.15) is 13.2 Å². The molecule has 0 aliphatic heterocycles. The van der Waals surface area contributed by atoms with E-state index in [1.54, 1.807) is 6.07 Å².